The molecule has 194 valence electrons. The zero-order chi connectivity index (χ0) is 26.0. The van der Waals surface area contributed by atoms with Crippen LogP contribution in [0.25, 0.3) is 16.3 Å². The van der Waals surface area contributed by atoms with Crippen molar-refractivity contribution >= 4 is 32.1 Å². The van der Waals surface area contributed by atoms with Crippen molar-refractivity contribution in [2.75, 3.05) is 51.3 Å². The number of nitrogens with zero attached hydrogens (tertiary/aromatic N) is 3. The summed E-state index contributed by atoms with van der Waals surface area (Å²) in [5.41, 5.74) is 1.98. The molecule has 2 aromatic carbocycles. The van der Waals surface area contributed by atoms with E-state index in [2.05, 4.69) is 33.7 Å². The van der Waals surface area contributed by atoms with Crippen LogP contribution in [0.15, 0.2) is 41.3 Å². The van der Waals surface area contributed by atoms with E-state index in [1.165, 1.54) is 0 Å². The van der Waals surface area contributed by atoms with Gasteiger partial charge in [-0.2, -0.15) is 5.26 Å². The second kappa shape index (κ2) is 10.8. The number of allylic oxidation sites excluding steroid dienone is 2. The number of nitrogens with one attached hydrogen (secondary N) is 1. The van der Waals surface area contributed by atoms with Crippen LogP contribution >= 0.6 is 0 Å². The van der Waals surface area contributed by atoms with Crippen LogP contribution in [0.2, 0.25) is 0 Å². The molecule has 2 aliphatic heterocycles. The van der Waals surface area contributed by atoms with Gasteiger partial charge in [0.25, 0.3) is 10.0 Å². The van der Waals surface area contributed by atoms with Crippen molar-refractivity contribution < 1.29 is 28.5 Å². The number of aliphatic hydroxyl groups is 3. The fourth-order valence-electron chi connectivity index (χ4n) is 4.61. The van der Waals surface area contributed by atoms with Crippen molar-refractivity contribution in [2.45, 2.75) is 31.3 Å². The van der Waals surface area contributed by atoms with Crippen LogP contribution < -0.4 is 9.62 Å². The number of nitriles is 1. The lowest BCUT2D eigenvalue weighted by molar-refractivity contribution is -0.158. The van der Waals surface area contributed by atoms with E-state index >= 15 is 0 Å². The molecule has 2 fully saturated rings. The third-order valence-electron chi connectivity index (χ3n) is 6.96. The van der Waals surface area contributed by atoms with Gasteiger partial charge in [0, 0.05) is 31.9 Å². The lowest BCUT2D eigenvalue weighted by Crippen LogP contribution is -2.59. The summed E-state index contributed by atoms with van der Waals surface area (Å²) in [6, 6.07) is 12.3. The van der Waals surface area contributed by atoms with Crippen LogP contribution in [-0.2, 0) is 14.8 Å². The molecule has 0 saturated carbocycles. The summed E-state index contributed by atoms with van der Waals surface area (Å²) in [5, 5.41) is 41.2. The van der Waals surface area contributed by atoms with E-state index in [1.54, 1.807) is 19.1 Å². The van der Waals surface area contributed by atoms with E-state index in [4.69, 9.17) is 4.74 Å². The fourth-order valence-corrected chi connectivity index (χ4v) is 5.97. The van der Waals surface area contributed by atoms with Gasteiger partial charge in [-0.1, -0.05) is 18.2 Å². The predicted octanol–water partition coefficient (Wildman–Crippen LogP) is 0.247. The maximum atomic E-state index is 13.1. The van der Waals surface area contributed by atoms with Crippen LogP contribution in [0, 0.1) is 11.3 Å². The second-order valence-electron chi connectivity index (χ2n) is 9.37. The largest absolute Gasteiger partial charge is 0.394 e. The number of fused-ring (bicyclic) bond motifs is 1. The fraction of sp³-hybridized carbons (Fsp3) is 0.480. The number of sulfonamides is 1. The van der Waals surface area contributed by atoms with Crippen LogP contribution in [0.5, 0.6) is 0 Å². The van der Waals surface area contributed by atoms with E-state index < -0.39 is 45.9 Å². The standard InChI is InChI=1S/C25H32N4O6S/c1-16(23(13-26)36(33,34)27-21-15-35-22(14-30)25(32)24(21)31)17-3-4-19-12-20(6-5-18(19)11-17)29-9-7-28(2)8-10-29/h3-6,11-12,21-22,24-25,27,30-32H,7-10,14-15H2,1-2H3/b23-16+/t21-,22+,24+,25+/m0/s1. The number of benzene rings is 2. The average Bonchev–Trinajstić information content (AvgIpc) is 2.87. The average molecular weight is 517 g/mol. The number of likely N-dealkylation sites (N-methyl/N-ethyl adjacent to an activating group) is 1. The number of rotatable bonds is 6. The smallest absolute Gasteiger partial charge is 0.251 e. The number of anilines is 1. The Morgan fingerprint density at radius 1 is 1.11 bits per heavy atom. The molecule has 4 N–H and O–H groups in total. The molecule has 2 heterocycles. The molecule has 11 heteroatoms. The topological polar surface area (TPSA) is 146 Å². The molecule has 2 saturated heterocycles. The first-order chi connectivity index (χ1) is 17.1. The Hall–Kier alpha value is -2.56. The van der Waals surface area contributed by atoms with Gasteiger partial charge in [-0.05, 0) is 54.1 Å². The zero-order valence-electron chi connectivity index (χ0n) is 20.3. The van der Waals surface area contributed by atoms with Crippen LogP contribution in [-0.4, -0.2) is 99.4 Å². The molecule has 0 aromatic heterocycles. The van der Waals surface area contributed by atoms with Crippen molar-refractivity contribution in [3.63, 3.8) is 0 Å². The third-order valence-corrected chi connectivity index (χ3v) is 8.50. The predicted molar refractivity (Wildman–Crippen MR) is 137 cm³/mol. The maximum absolute atomic E-state index is 13.1. The highest BCUT2D eigenvalue weighted by Crippen LogP contribution is 2.29. The molecule has 4 atom stereocenters. The Balaban J connectivity index is 1.58. The van der Waals surface area contributed by atoms with Gasteiger partial charge in [0.2, 0.25) is 0 Å². The van der Waals surface area contributed by atoms with E-state index in [0.717, 1.165) is 42.6 Å². The van der Waals surface area contributed by atoms with Crippen LogP contribution in [0.4, 0.5) is 5.69 Å². The molecule has 0 aliphatic carbocycles. The van der Waals surface area contributed by atoms with Crippen molar-refractivity contribution in [3.8, 4) is 6.07 Å². The summed E-state index contributed by atoms with van der Waals surface area (Å²) in [5.74, 6) is 0. The molecule has 2 aromatic rings. The molecule has 0 radical (unpaired) electrons. The van der Waals surface area contributed by atoms with Gasteiger partial charge >= 0.3 is 0 Å². The quantitative estimate of drug-likeness (QED) is 0.397. The molecule has 0 unspecified atom stereocenters. The van der Waals surface area contributed by atoms with E-state index in [1.807, 2.05) is 18.2 Å². The minimum absolute atomic E-state index is 0.258. The highest BCUT2D eigenvalue weighted by molar-refractivity contribution is 7.93. The van der Waals surface area contributed by atoms with Gasteiger partial charge in [0.15, 0.2) is 4.91 Å². The summed E-state index contributed by atoms with van der Waals surface area (Å²) in [4.78, 5) is 4.15. The number of hydrogen-bond donors (Lipinski definition) is 4. The second-order valence-corrected chi connectivity index (χ2v) is 11.0. The van der Waals surface area contributed by atoms with E-state index in [-0.39, 0.29) is 12.2 Å². The first-order valence-corrected chi connectivity index (χ1v) is 13.3. The SMILES string of the molecule is C/C(=C(/C#N)S(=O)(=O)N[C@H]1CO[C@H](CO)[C@@H](O)[C@@H]1O)c1ccc2cc(N3CCN(C)CC3)ccc2c1. The number of hydrogen-bond acceptors (Lipinski definition) is 9. The molecule has 4 rings (SSSR count). The normalized spacial score (nSPS) is 26.5. The van der Waals surface area contributed by atoms with Crippen LogP contribution in [0.1, 0.15) is 12.5 Å². The van der Waals surface area contributed by atoms with Gasteiger partial charge in [-0.3, -0.25) is 0 Å². The Kier molecular flexibility index (Phi) is 7.96. The molecule has 0 spiro atoms. The van der Waals surface area contributed by atoms with E-state index in [9.17, 15) is 29.0 Å². The third kappa shape index (κ3) is 5.40. The Labute approximate surface area is 211 Å². The number of piperazine rings is 1. The molecular formula is C25H32N4O6S. The molecule has 0 amide bonds. The lowest BCUT2D eigenvalue weighted by Gasteiger charge is -2.36. The minimum atomic E-state index is -4.33. The maximum Gasteiger partial charge on any atom is 0.251 e. The summed E-state index contributed by atoms with van der Waals surface area (Å²) in [7, 11) is -2.22. The molecular weight excluding hydrogens is 484 g/mol. The van der Waals surface area contributed by atoms with Crippen LogP contribution in [0.3, 0.4) is 0 Å². The summed E-state index contributed by atoms with van der Waals surface area (Å²) in [6.45, 7) is 4.71. The van der Waals surface area contributed by atoms with Gasteiger partial charge in [0.1, 0.15) is 24.4 Å². The molecule has 2 aliphatic rings. The lowest BCUT2D eigenvalue weighted by atomic mass is 9.99. The first-order valence-electron chi connectivity index (χ1n) is 11.8. The minimum Gasteiger partial charge on any atom is -0.394 e. The van der Waals surface area contributed by atoms with Crippen molar-refractivity contribution in [1.29, 1.82) is 5.26 Å². The monoisotopic (exact) mass is 516 g/mol. The summed E-state index contributed by atoms with van der Waals surface area (Å²) in [6.07, 6.45) is -3.98. The highest BCUT2D eigenvalue weighted by Gasteiger charge is 2.40. The molecule has 36 heavy (non-hydrogen) atoms. The number of ether oxygens (including phenoxy) is 1. The number of aliphatic hydroxyl groups excluding tert-OH is 3. The van der Waals surface area contributed by atoms with Gasteiger partial charge in [0.05, 0.1) is 19.3 Å². The Morgan fingerprint density at radius 2 is 1.78 bits per heavy atom. The Bertz CT molecular complexity index is 1280. The van der Waals surface area contributed by atoms with Crippen molar-refractivity contribution in [2.24, 2.45) is 0 Å². The van der Waals surface area contributed by atoms with Crippen molar-refractivity contribution in [1.82, 2.24) is 9.62 Å². The highest BCUT2D eigenvalue weighted by atomic mass is 32.2. The van der Waals surface area contributed by atoms with Gasteiger partial charge < -0.3 is 29.9 Å². The molecule has 0 bridgehead atoms. The van der Waals surface area contributed by atoms with E-state index in [0.29, 0.717) is 5.56 Å². The van der Waals surface area contributed by atoms with Gasteiger partial charge in [-0.25, -0.2) is 13.1 Å². The zero-order valence-corrected chi connectivity index (χ0v) is 21.1. The summed E-state index contributed by atoms with van der Waals surface area (Å²) < 4.78 is 33.6. The molecule has 10 nitrogen and oxygen atoms in total. The van der Waals surface area contributed by atoms with Crippen molar-refractivity contribution in [3.05, 3.63) is 46.9 Å². The first kappa shape index (κ1) is 26.5. The Morgan fingerprint density at radius 3 is 2.44 bits per heavy atom. The summed E-state index contributed by atoms with van der Waals surface area (Å²) >= 11 is 0. The van der Waals surface area contributed by atoms with Gasteiger partial charge in [-0.15, -0.1) is 0 Å².